The molecule has 4 aromatic rings. The number of carbonyl (C=O) groups excluding carboxylic acids is 2. The molecule has 0 spiro atoms. The van der Waals surface area contributed by atoms with E-state index in [1.165, 1.54) is 13.2 Å². The lowest BCUT2D eigenvalue weighted by atomic mass is 9.93. The monoisotopic (exact) mass is 664 g/mol. The Morgan fingerprint density at radius 1 is 1.11 bits per heavy atom. The van der Waals surface area contributed by atoms with Gasteiger partial charge in [0.2, 0.25) is 5.91 Å². The van der Waals surface area contributed by atoms with Crippen LogP contribution in [-0.4, -0.2) is 55.7 Å². The molecule has 1 aromatic heterocycles. The minimum Gasteiger partial charge on any atom is -0.495 e. The van der Waals surface area contributed by atoms with Crippen molar-refractivity contribution in [2.45, 2.75) is 49.4 Å². The minimum absolute atomic E-state index is 0.0856. The van der Waals surface area contributed by atoms with Crippen molar-refractivity contribution in [3.8, 4) is 5.75 Å². The Bertz CT molecular complexity index is 1880. The van der Waals surface area contributed by atoms with Crippen LogP contribution >= 0.6 is 11.6 Å². The highest BCUT2D eigenvalue weighted by molar-refractivity contribution is 7.92. The van der Waals surface area contributed by atoms with Crippen molar-refractivity contribution < 1.29 is 27.5 Å². The zero-order chi connectivity index (χ0) is 33.2. The molecule has 1 amide bonds. The third-order valence-electron chi connectivity index (χ3n) is 8.30. The van der Waals surface area contributed by atoms with E-state index >= 15 is 0 Å². The van der Waals surface area contributed by atoms with Crippen molar-refractivity contribution in [3.05, 3.63) is 89.1 Å². The van der Waals surface area contributed by atoms with Gasteiger partial charge in [-0.3, -0.25) is 9.59 Å². The molecule has 3 N–H and O–H groups in total. The van der Waals surface area contributed by atoms with Crippen molar-refractivity contribution in [2.75, 3.05) is 31.3 Å². The number of rotatable bonds is 10. The second kappa shape index (κ2) is 13.6. The van der Waals surface area contributed by atoms with Gasteiger partial charge in [-0.1, -0.05) is 35.9 Å². The Labute approximate surface area is 273 Å². The first-order valence-corrected chi connectivity index (χ1v) is 16.9. The lowest BCUT2D eigenvalue weighted by Gasteiger charge is -2.33. The van der Waals surface area contributed by atoms with E-state index in [1.54, 1.807) is 74.3 Å². The van der Waals surface area contributed by atoms with Crippen molar-refractivity contribution >= 4 is 55.6 Å². The number of pyridine rings is 1. The maximum Gasteiger partial charge on any atom is 0.311 e. The predicted octanol–water partition coefficient (Wildman–Crippen LogP) is 5.97. The number of fused-ring (bicyclic) bond motifs is 1. The van der Waals surface area contributed by atoms with E-state index in [0.29, 0.717) is 39.8 Å². The number of hydrogen-bond acceptors (Lipinski definition) is 9. The van der Waals surface area contributed by atoms with Gasteiger partial charge in [0.05, 0.1) is 40.8 Å². The molecule has 12 heteroatoms. The number of carbonyl (C=O) groups is 2. The van der Waals surface area contributed by atoms with Crippen LogP contribution in [0.3, 0.4) is 0 Å². The molecule has 1 fully saturated rings. The number of methoxy groups -OCH3 is 1. The lowest BCUT2D eigenvalue weighted by molar-refractivity contribution is -0.149. The van der Waals surface area contributed by atoms with E-state index in [0.717, 1.165) is 10.8 Å². The average molecular weight is 665 g/mol. The molecule has 0 bridgehead atoms. The van der Waals surface area contributed by atoms with E-state index in [4.69, 9.17) is 26.8 Å². The van der Waals surface area contributed by atoms with E-state index in [2.05, 4.69) is 10.3 Å². The molecule has 1 saturated heterocycles. The van der Waals surface area contributed by atoms with Crippen LogP contribution in [0, 0.1) is 5.92 Å². The van der Waals surface area contributed by atoms with E-state index in [9.17, 15) is 18.0 Å². The first-order chi connectivity index (χ1) is 22.0. The quantitative estimate of drug-likeness (QED) is 0.196. The zero-order valence-electron chi connectivity index (χ0n) is 26.1. The second-order valence-corrected chi connectivity index (χ2v) is 14.2. The van der Waals surface area contributed by atoms with Crippen LogP contribution in [0.2, 0.25) is 5.02 Å². The Hall–Kier alpha value is -4.35. The molecule has 0 aliphatic carbocycles. The summed E-state index contributed by atoms with van der Waals surface area (Å²) >= 11 is 6.35. The summed E-state index contributed by atoms with van der Waals surface area (Å²) in [6.07, 6.45) is 1.91. The van der Waals surface area contributed by atoms with Crippen LogP contribution in [-0.2, 0) is 24.2 Å². The predicted molar refractivity (Wildman–Crippen MR) is 178 cm³/mol. The Morgan fingerprint density at radius 2 is 1.87 bits per heavy atom. The molecular weight excluding hydrogens is 628 g/mol. The smallest absolute Gasteiger partial charge is 0.311 e. The van der Waals surface area contributed by atoms with Gasteiger partial charge in [-0.2, -0.15) is 0 Å². The molecule has 3 aromatic carbocycles. The normalized spacial score (nSPS) is 17.2. The Balaban J connectivity index is 1.64. The van der Waals surface area contributed by atoms with Gasteiger partial charge in [-0.15, -0.1) is 0 Å². The van der Waals surface area contributed by atoms with Gasteiger partial charge in [-0.25, -0.2) is 13.4 Å². The molecule has 0 radical (unpaired) electrons. The van der Waals surface area contributed by atoms with Gasteiger partial charge < -0.3 is 25.4 Å². The lowest BCUT2D eigenvalue weighted by Crippen LogP contribution is -2.40. The van der Waals surface area contributed by atoms with Gasteiger partial charge in [0.1, 0.15) is 17.6 Å². The number of nitrogens with two attached hydrogens (primary N) is 1. The summed E-state index contributed by atoms with van der Waals surface area (Å²) in [6.45, 7) is 5.27. The standard InChI is InChI=1S/C34H37ClN4O6S/c1-5-45-34(41)26-15-17-39(31(26)25-8-6-7-9-29(25)46(42,43)20(2)3)33(40)30(22-10-13-27(35)28(19-22)44-4)38-23-11-12-24-21(18-23)14-16-37-32(24)36/h6-14,16,18-20,26,30-31,38H,5,15,17H2,1-4H3,(H2,36,37)/t26-,30+,31-/m0/s1. The molecule has 3 atom stereocenters. The number of aromatic nitrogens is 1. The average Bonchev–Trinajstić information content (AvgIpc) is 3.49. The second-order valence-electron chi connectivity index (χ2n) is 11.4. The molecule has 1 aliphatic rings. The van der Waals surface area contributed by atoms with Crippen LogP contribution < -0.4 is 15.8 Å². The van der Waals surface area contributed by atoms with E-state index < -0.39 is 39.1 Å². The molecule has 5 rings (SSSR count). The fraction of sp³-hybridized carbons (Fsp3) is 0.324. The summed E-state index contributed by atoms with van der Waals surface area (Å²) in [5, 5.41) is 4.63. The first kappa shape index (κ1) is 33.0. The summed E-state index contributed by atoms with van der Waals surface area (Å²) in [5.74, 6) is -0.861. The zero-order valence-corrected chi connectivity index (χ0v) is 27.6. The summed E-state index contributed by atoms with van der Waals surface area (Å²) in [7, 11) is -2.28. The molecule has 242 valence electrons. The van der Waals surface area contributed by atoms with Crippen LogP contribution in [0.15, 0.2) is 77.8 Å². The highest BCUT2D eigenvalue weighted by Gasteiger charge is 2.46. The number of esters is 1. The maximum atomic E-state index is 14.8. The summed E-state index contributed by atoms with van der Waals surface area (Å²) in [5.41, 5.74) is 7.63. The number of nitrogen functional groups attached to an aromatic ring is 1. The number of amides is 1. The van der Waals surface area contributed by atoms with Crippen LogP contribution in [0.5, 0.6) is 5.75 Å². The number of nitrogens with one attached hydrogen (secondary N) is 1. The van der Waals surface area contributed by atoms with Crippen LogP contribution in [0.4, 0.5) is 11.5 Å². The molecule has 0 unspecified atom stereocenters. The van der Waals surface area contributed by atoms with Gasteiger partial charge >= 0.3 is 5.97 Å². The Kier molecular flexibility index (Phi) is 9.74. The summed E-state index contributed by atoms with van der Waals surface area (Å²) in [4.78, 5) is 34.0. The third kappa shape index (κ3) is 6.34. The summed E-state index contributed by atoms with van der Waals surface area (Å²) < 4.78 is 38.0. The number of likely N-dealkylation sites (tertiary alicyclic amines) is 1. The number of hydrogen-bond donors (Lipinski definition) is 2. The SMILES string of the molecule is CCOC(=O)[C@H]1CCN(C(=O)[C@H](Nc2ccc3c(N)nccc3c2)c2ccc(Cl)c(OC)c2)[C@H]1c1ccccc1S(=O)(=O)C(C)C. The molecule has 10 nitrogen and oxygen atoms in total. The van der Waals surface area contributed by atoms with Gasteiger partial charge in [0.25, 0.3) is 0 Å². The summed E-state index contributed by atoms with van der Waals surface area (Å²) in [6, 6.07) is 17.1. The fourth-order valence-electron chi connectivity index (χ4n) is 5.93. The largest absolute Gasteiger partial charge is 0.495 e. The topological polar surface area (TPSA) is 141 Å². The van der Waals surface area contributed by atoms with Gasteiger partial charge in [0, 0.05) is 23.8 Å². The Morgan fingerprint density at radius 3 is 2.59 bits per heavy atom. The number of benzene rings is 3. The molecular formula is C34H37ClN4O6S. The number of sulfone groups is 1. The molecule has 1 aliphatic heterocycles. The van der Waals surface area contributed by atoms with Crippen LogP contribution in [0.1, 0.15) is 50.4 Å². The van der Waals surface area contributed by atoms with E-state index in [-0.39, 0.29) is 24.0 Å². The number of anilines is 2. The number of halogens is 1. The van der Waals surface area contributed by atoms with Crippen molar-refractivity contribution in [3.63, 3.8) is 0 Å². The highest BCUT2D eigenvalue weighted by atomic mass is 35.5. The number of ether oxygens (including phenoxy) is 2. The molecule has 46 heavy (non-hydrogen) atoms. The van der Waals surface area contributed by atoms with Crippen LogP contribution in [0.25, 0.3) is 10.8 Å². The fourth-order valence-corrected chi connectivity index (χ4v) is 7.41. The minimum atomic E-state index is -3.77. The third-order valence-corrected chi connectivity index (χ3v) is 10.8. The van der Waals surface area contributed by atoms with Gasteiger partial charge in [0.15, 0.2) is 9.84 Å². The maximum absolute atomic E-state index is 14.8. The first-order valence-electron chi connectivity index (χ1n) is 15.0. The molecule has 2 heterocycles. The number of nitrogens with zero attached hydrogens (tertiary/aromatic N) is 2. The highest BCUT2D eigenvalue weighted by Crippen LogP contribution is 2.43. The molecule has 0 saturated carbocycles. The van der Waals surface area contributed by atoms with Crippen molar-refractivity contribution in [1.29, 1.82) is 0 Å². The van der Waals surface area contributed by atoms with Crippen molar-refractivity contribution in [2.24, 2.45) is 5.92 Å². The van der Waals surface area contributed by atoms with Gasteiger partial charge in [-0.05, 0) is 86.2 Å². The van der Waals surface area contributed by atoms with Crippen molar-refractivity contribution in [1.82, 2.24) is 9.88 Å². The van der Waals surface area contributed by atoms with E-state index in [1.807, 2.05) is 18.2 Å².